The highest BCUT2D eigenvalue weighted by atomic mass is 35.5. The van der Waals surface area contributed by atoms with E-state index in [4.69, 9.17) is 26.3 Å². The number of carbonyl (C=O) groups excluding carboxylic acids is 1. The van der Waals surface area contributed by atoms with Gasteiger partial charge in [0.15, 0.2) is 11.5 Å². The van der Waals surface area contributed by atoms with Crippen LogP contribution in [0.5, 0.6) is 11.5 Å². The Kier molecular flexibility index (Phi) is 7.27. The molecular formula is C16H19ClN2O3. The molecule has 118 valence electrons. The predicted octanol–water partition coefficient (Wildman–Crippen LogP) is 3.18. The monoisotopic (exact) mass is 322 g/mol. The molecule has 1 aromatic rings. The van der Waals surface area contributed by atoms with Crippen LogP contribution in [0.15, 0.2) is 17.7 Å². The molecule has 0 saturated carbocycles. The van der Waals surface area contributed by atoms with Crippen molar-refractivity contribution in [3.05, 3.63) is 28.3 Å². The maximum Gasteiger partial charge on any atom is 0.261 e. The third-order valence-corrected chi connectivity index (χ3v) is 3.03. The fraction of sp³-hybridized carbons (Fsp3) is 0.375. The van der Waals surface area contributed by atoms with Crippen LogP contribution in [0.1, 0.15) is 25.8 Å². The van der Waals surface area contributed by atoms with Crippen molar-refractivity contribution >= 4 is 23.6 Å². The molecule has 0 radical (unpaired) electrons. The number of hydrogen-bond acceptors (Lipinski definition) is 4. The third-order valence-electron chi connectivity index (χ3n) is 2.75. The lowest BCUT2D eigenvalue weighted by atomic mass is 10.1. The van der Waals surface area contributed by atoms with Gasteiger partial charge in [0.05, 0.1) is 18.7 Å². The molecular weight excluding hydrogens is 304 g/mol. The molecule has 22 heavy (non-hydrogen) atoms. The molecule has 1 amide bonds. The Bertz CT molecular complexity index is 606. The van der Waals surface area contributed by atoms with Crippen LogP contribution in [0.3, 0.4) is 0 Å². The Hall–Kier alpha value is -2.19. The Morgan fingerprint density at radius 3 is 2.73 bits per heavy atom. The molecule has 0 aliphatic carbocycles. The largest absolute Gasteiger partial charge is 0.491 e. The second-order valence-electron chi connectivity index (χ2n) is 4.39. The summed E-state index contributed by atoms with van der Waals surface area (Å²) >= 11 is 6.14. The maximum absolute atomic E-state index is 11.9. The fourth-order valence-electron chi connectivity index (χ4n) is 1.78. The highest BCUT2D eigenvalue weighted by molar-refractivity contribution is 6.32. The molecule has 0 aliphatic heterocycles. The van der Waals surface area contributed by atoms with E-state index < -0.39 is 5.91 Å². The number of ether oxygens (including phenoxy) is 2. The molecule has 0 aromatic heterocycles. The molecule has 0 unspecified atom stereocenters. The number of nitrogens with one attached hydrogen (secondary N) is 1. The van der Waals surface area contributed by atoms with Crippen LogP contribution in [-0.2, 0) is 4.79 Å². The van der Waals surface area contributed by atoms with E-state index in [0.29, 0.717) is 35.2 Å². The Morgan fingerprint density at radius 1 is 1.45 bits per heavy atom. The summed E-state index contributed by atoms with van der Waals surface area (Å²) < 4.78 is 10.7. The predicted molar refractivity (Wildman–Crippen MR) is 86.1 cm³/mol. The standard InChI is InChI=1S/C16H19ClN2O3/c1-4-6-19-16(20)12(10-18)7-11-8-13(17)15(21-3)14(9-11)22-5-2/h7-9H,4-6H2,1-3H3,(H,19,20)/b12-7-. The zero-order chi connectivity index (χ0) is 16.5. The summed E-state index contributed by atoms with van der Waals surface area (Å²) in [6.45, 7) is 4.75. The van der Waals surface area contributed by atoms with Gasteiger partial charge >= 0.3 is 0 Å². The van der Waals surface area contributed by atoms with Gasteiger partial charge in [0.25, 0.3) is 5.91 Å². The molecule has 0 fully saturated rings. The maximum atomic E-state index is 11.9. The quantitative estimate of drug-likeness (QED) is 0.618. The minimum Gasteiger partial charge on any atom is -0.491 e. The minimum absolute atomic E-state index is 0.0112. The lowest BCUT2D eigenvalue weighted by Crippen LogP contribution is -2.25. The van der Waals surface area contributed by atoms with Gasteiger partial charge in [-0.25, -0.2) is 0 Å². The first-order valence-corrected chi connectivity index (χ1v) is 7.35. The number of nitriles is 1. The normalized spacial score (nSPS) is 10.8. The van der Waals surface area contributed by atoms with Gasteiger partial charge in [0.2, 0.25) is 0 Å². The van der Waals surface area contributed by atoms with Gasteiger partial charge < -0.3 is 14.8 Å². The Labute approximate surface area is 135 Å². The second kappa shape index (κ2) is 8.96. The van der Waals surface area contributed by atoms with Crippen molar-refractivity contribution in [3.8, 4) is 17.6 Å². The van der Waals surface area contributed by atoms with E-state index in [2.05, 4.69) is 5.32 Å². The van der Waals surface area contributed by atoms with Crippen molar-refractivity contribution in [2.45, 2.75) is 20.3 Å². The summed E-state index contributed by atoms with van der Waals surface area (Å²) in [6, 6.07) is 5.19. The lowest BCUT2D eigenvalue weighted by Gasteiger charge is -2.12. The number of halogens is 1. The van der Waals surface area contributed by atoms with Crippen LogP contribution in [0.4, 0.5) is 0 Å². The summed E-state index contributed by atoms with van der Waals surface area (Å²) in [5, 5.41) is 12.1. The van der Waals surface area contributed by atoms with E-state index in [-0.39, 0.29) is 5.57 Å². The number of methoxy groups -OCH3 is 1. The van der Waals surface area contributed by atoms with Gasteiger partial charge in [0.1, 0.15) is 11.6 Å². The van der Waals surface area contributed by atoms with Crippen molar-refractivity contribution in [3.63, 3.8) is 0 Å². The summed E-state index contributed by atoms with van der Waals surface area (Å²) in [6.07, 6.45) is 2.27. The van der Waals surface area contributed by atoms with Crippen LogP contribution in [0.2, 0.25) is 5.02 Å². The van der Waals surface area contributed by atoms with Gasteiger partial charge in [-0.15, -0.1) is 0 Å². The fourth-order valence-corrected chi connectivity index (χ4v) is 2.08. The Morgan fingerprint density at radius 2 is 2.18 bits per heavy atom. The van der Waals surface area contributed by atoms with Crippen LogP contribution >= 0.6 is 11.6 Å². The first-order chi connectivity index (χ1) is 10.6. The summed E-state index contributed by atoms with van der Waals surface area (Å²) in [7, 11) is 1.50. The summed E-state index contributed by atoms with van der Waals surface area (Å²) in [5.41, 5.74) is 0.606. The molecule has 1 rings (SSSR count). The average molecular weight is 323 g/mol. The van der Waals surface area contributed by atoms with Crippen molar-refractivity contribution in [2.75, 3.05) is 20.3 Å². The average Bonchev–Trinajstić information content (AvgIpc) is 2.50. The van der Waals surface area contributed by atoms with Crippen LogP contribution in [-0.4, -0.2) is 26.2 Å². The van der Waals surface area contributed by atoms with Crippen LogP contribution < -0.4 is 14.8 Å². The molecule has 0 heterocycles. The first-order valence-electron chi connectivity index (χ1n) is 6.97. The Balaban J connectivity index is 3.17. The van der Waals surface area contributed by atoms with Gasteiger partial charge in [-0.3, -0.25) is 4.79 Å². The molecule has 0 bridgehead atoms. The zero-order valence-corrected chi connectivity index (χ0v) is 13.7. The topological polar surface area (TPSA) is 71.4 Å². The highest BCUT2D eigenvalue weighted by Crippen LogP contribution is 2.36. The first kappa shape index (κ1) is 17.9. The molecule has 0 aliphatic rings. The van der Waals surface area contributed by atoms with Gasteiger partial charge in [-0.2, -0.15) is 5.26 Å². The summed E-state index contributed by atoms with van der Waals surface area (Å²) in [4.78, 5) is 11.9. The molecule has 1 N–H and O–H groups in total. The number of benzene rings is 1. The summed E-state index contributed by atoms with van der Waals surface area (Å²) in [5.74, 6) is 0.485. The molecule has 5 nitrogen and oxygen atoms in total. The molecule has 0 spiro atoms. The van der Waals surface area contributed by atoms with E-state index in [1.807, 2.05) is 19.9 Å². The van der Waals surface area contributed by atoms with E-state index in [1.165, 1.54) is 13.2 Å². The lowest BCUT2D eigenvalue weighted by molar-refractivity contribution is -0.117. The number of carbonyl (C=O) groups is 1. The van der Waals surface area contributed by atoms with E-state index in [9.17, 15) is 4.79 Å². The minimum atomic E-state index is -0.408. The number of hydrogen-bond donors (Lipinski definition) is 1. The number of amides is 1. The van der Waals surface area contributed by atoms with Crippen molar-refractivity contribution < 1.29 is 14.3 Å². The molecule has 0 atom stereocenters. The van der Waals surface area contributed by atoms with Crippen LogP contribution in [0.25, 0.3) is 6.08 Å². The smallest absolute Gasteiger partial charge is 0.261 e. The number of rotatable bonds is 7. The third kappa shape index (κ3) is 4.68. The molecule has 1 aromatic carbocycles. The van der Waals surface area contributed by atoms with Crippen molar-refractivity contribution in [1.29, 1.82) is 5.26 Å². The van der Waals surface area contributed by atoms with E-state index >= 15 is 0 Å². The van der Waals surface area contributed by atoms with Gasteiger partial charge in [-0.05, 0) is 37.1 Å². The molecule has 0 saturated heterocycles. The van der Waals surface area contributed by atoms with Crippen molar-refractivity contribution in [1.82, 2.24) is 5.32 Å². The number of nitrogens with zero attached hydrogens (tertiary/aromatic N) is 1. The van der Waals surface area contributed by atoms with Crippen LogP contribution in [0, 0.1) is 11.3 Å². The van der Waals surface area contributed by atoms with Crippen molar-refractivity contribution in [2.24, 2.45) is 0 Å². The van der Waals surface area contributed by atoms with E-state index in [1.54, 1.807) is 12.1 Å². The van der Waals surface area contributed by atoms with E-state index in [0.717, 1.165) is 6.42 Å². The van der Waals surface area contributed by atoms with Gasteiger partial charge in [-0.1, -0.05) is 18.5 Å². The second-order valence-corrected chi connectivity index (χ2v) is 4.80. The SMILES string of the molecule is CCCNC(=O)/C(C#N)=C\c1cc(Cl)c(OC)c(OCC)c1. The van der Waals surface area contributed by atoms with Gasteiger partial charge in [0, 0.05) is 6.54 Å². The molecule has 6 heteroatoms. The zero-order valence-electron chi connectivity index (χ0n) is 12.9. The highest BCUT2D eigenvalue weighted by Gasteiger charge is 2.13.